The van der Waals surface area contributed by atoms with Gasteiger partial charge in [0.1, 0.15) is 5.75 Å². The molecule has 4 heteroatoms. The first kappa shape index (κ1) is 14.9. The van der Waals surface area contributed by atoms with E-state index in [0.29, 0.717) is 12.2 Å². The molecule has 2 rings (SSSR count). The summed E-state index contributed by atoms with van der Waals surface area (Å²) in [7, 11) is 1.89. The summed E-state index contributed by atoms with van der Waals surface area (Å²) in [5.74, 6) is 0.841. The van der Waals surface area contributed by atoms with Gasteiger partial charge in [0.25, 0.3) is 5.91 Å². The maximum absolute atomic E-state index is 12.5. The molecule has 1 N–H and O–H groups in total. The predicted octanol–water partition coefficient (Wildman–Crippen LogP) is 2.30. The van der Waals surface area contributed by atoms with Crippen molar-refractivity contribution in [1.82, 2.24) is 10.2 Å². The van der Waals surface area contributed by atoms with E-state index in [9.17, 15) is 4.79 Å². The molecule has 0 radical (unpaired) electrons. The molecule has 1 aliphatic heterocycles. The molecule has 1 unspecified atom stereocenters. The molecule has 0 saturated carbocycles. The SMILES string of the molecule is CCCOc1cccc(C(=O)N(C)C2CCCNC2)c1. The normalized spacial score (nSPS) is 18.6. The lowest BCUT2D eigenvalue weighted by Crippen LogP contribution is -2.46. The third-order valence-electron chi connectivity index (χ3n) is 3.69. The number of piperidine rings is 1. The zero-order valence-electron chi connectivity index (χ0n) is 12.4. The van der Waals surface area contributed by atoms with E-state index < -0.39 is 0 Å². The number of nitrogens with one attached hydrogen (secondary N) is 1. The summed E-state index contributed by atoms with van der Waals surface area (Å²) in [5, 5.41) is 3.34. The van der Waals surface area contributed by atoms with E-state index in [-0.39, 0.29) is 11.9 Å². The minimum absolute atomic E-state index is 0.0700. The van der Waals surface area contributed by atoms with Crippen molar-refractivity contribution in [3.05, 3.63) is 29.8 Å². The lowest BCUT2D eigenvalue weighted by atomic mass is 10.1. The van der Waals surface area contributed by atoms with E-state index in [4.69, 9.17) is 4.74 Å². The van der Waals surface area contributed by atoms with Crippen LogP contribution in [0.25, 0.3) is 0 Å². The van der Waals surface area contributed by atoms with Crippen LogP contribution >= 0.6 is 0 Å². The first-order valence-electron chi connectivity index (χ1n) is 7.43. The number of amides is 1. The van der Waals surface area contributed by atoms with Gasteiger partial charge in [-0.05, 0) is 44.0 Å². The number of hydrogen-bond acceptors (Lipinski definition) is 3. The van der Waals surface area contributed by atoms with Crippen LogP contribution in [0.2, 0.25) is 0 Å². The van der Waals surface area contributed by atoms with Crippen LogP contribution in [0.4, 0.5) is 0 Å². The van der Waals surface area contributed by atoms with E-state index in [1.165, 1.54) is 0 Å². The second kappa shape index (κ2) is 7.29. The molecule has 4 nitrogen and oxygen atoms in total. The van der Waals surface area contributed by atoms with Gasteiger partial charge in [-0.25, -0.2) is 0 Å². The first-order valence-corrected chi connectivity index (χ1v) is 7.43. The molecule has 1 aromatic rings. The van der Waals surface area contributed by atoms with Crippen LogP contribution in [-0.4, -0.2) is 43.6 Å². The Morgan fingerprint density at radius 1 is 1.50 bits per heavy atom. The zero-order valence-corrected chi connectivity index (χ0v) is 12.4. The molecule has 1 atom stereocenters. The molecule has 0 bridgehead atoms. The van der Waals surface area contributed by atoms with E-state index >= 15 is 0 Å². The molecule has 1 aromatic carbocycles. The highest BCUT2D eigenvalue weighted by Crippen LogP contribution is 2.17. The van der Waals surface area contributed by atoms with Crippen molar-refractivity contribution in [3.8, 4) is 5.75 Å². The Bertz CT molecular complexity index is 442. The van der Waals surface area contributed by atoms with Crippen molar-refractivity contribution >= 4 is 5.91 Å². The van der Waals surface area contributed by atoms with Crippen molar-refractivity contribution in [3.63, 3.8) is 0 Å². The van der Waals surface area contributed by atoms with Gasteiger partial charge in [0.05, 0.1) is 6.61 Å². The smallest absolute Gasteiger partial charge is 0.254 e. The third kappa shape index (κ3) is 3.73. The van der Waals surface area contributed by atoms with Gasteiger partial charge in [0, 0.05) is 25.2 Å². The van der Waals surface area contributed by atoms with Crippen molar-refractivity contribution < 1.29 is 9.53 Å². The third-order valence-corrected chi connectivity index (χ3v) is 3.69. The minimum Gasteiger partial charge on any atom is -0.494 e. The Balaban J connectivity index is 2.03. The number of ether oxygens (including phenoxy) is 1. The maximum atomic E-state index is 12.5. The molecule has 1 fully saturated rings. The van der Waals surface area contributed by atoms with Gasteiger partial charge >= 0.3 is 0 Å². The molecule has 1 aliphatic rings. The average molecular weight is 276 g/mol. The average Bonchev–Trinajstić information content (AvgIpc) is 2.52. The van der Waals surface area contributed by atoms with Gasteiger partial charge in [-0.2, -0.15) is 0 Å². The van der Waals surface area contributed by atoms with E-state index in [1.807, 2.05) is 36.2 Å². The summed E-state index contributed by atoms with van der Waals surface area (Å²) in [6.45, 7) is 4.69. The number of carbonyl (C=O) groups is 1. The minimum atomic E-state index is 0.0700. The van der Waals surface area contributed by atoms with Gasteiger partial charge in [-0.3, -0.25) is 4.79 Å². The molecule has 0 aromatic heterocycles. The van der Waals surface area contributed by atoms with Crippen LogP contribution in [0.1, 0.15) is 36.5 Å². The summed E-state index contributed by atoms with van der Waals surface area (Å²) in [6, 6.07) is 7.76. The van der Waals surface area contributed by atoms with Gasteiger partial charge in [-0.15, -0.1) is 0 Å². The molecule has 0 aliphatic carbocycles. The molecule has 1 amide bonds. The van der Waals surface area contributed by atoms with E-state index in [0.717, 1.165) is 38.1 Å². The van der Waals surface area contributed by atoms with Crippen LogP contribution in [0, 0.1) is 0 Å². The lowest BCUT2D eigenvalue weighted by Gasteiger charge is -2.31. The fourth-order valence-electron chi connectivity index (χ4n) is 2.47. The van der Waals surface area contributed by atoms with Crippen molar-refractivity contribution in [2.75, 3.05) is 26.7 Å². The number of likely N-dealkylation sites (N-methyl/N-ethyl adjacent to an activating group) is 1. The Labute approximate surface area is 121 Å². The van der Waals surface area contributed by atoms with Gasteiger partial charge in [-0.1, -0.05) is 13.0 Å². The monoisotopic (exact) mass is 276 g/mol. The Morgan fingerprint density at radius 3 is 3.05 bits per heavy atom. The van der Waals surface area contributed by atoms with Crippen LogP contribution in [0.5, 0.6) is 5.75 Å². The molecule has 110 valence electrons. The number of hydrogen-bond donors (Lipinski definition) is 1. The summed E-state index contributed by atoms with van der Waals surface area (Å²) < 4.78 is 5.59. The fraction of sp³-hybridized carbons (Fsp3) is 0.562. The van der Waals surface area contributed by atoms with E-state index in [1.54, 1.807) is 0 Å². The van der Waals surface area contributed by atoms with Gasteiger partial charge in [0.2, 0.25) is 0 Å². The van der Waals surface area contributed by atoms with Crippen LogP contribution < -0.4 is 10.1 Å². The van der Waals surface area contributed by atoms with Crippen molar-refractivity contribution in [2.24, 2.45) is 0 Å². The van der Waals surface area contributed by atoms with Crippen LogP contribution in [0.3, 0.4) is 0 Å². The summed E-state index contributed by atoms with van der Waals surface area (Å²) in [6.07, 6.45) is 3.16. The second-order valence-electron chi connectivity index (χ2n) is 5.29. The number of nitrogens with zero attached hydrogens (tertiary/aromatic N) is 1. The Kier molecular flexibility index (Phi) is 5.41. The largest absolute Gasteiger partial charge is 0.494 e. The first-order chi connectivity index (χ1) is 9.72. The highest BCUT2D eigenvalue weighted by molar-refractivity contribution is 5.94. The number of benzene rings is 1. The summed E-state index contributed by atoms with van der Waals surface area (Å²) in [4.78, 5) is 14.4. The van der Waals surface area contributed by atoms with Crippen molar-refractivity contribution in [1.29, 1.82) is 0 Å². The molecule has 0 spiro atoms. The zero-order chi connectivity index (χ0) is 14.4. The van der Waals surface area contributed by atoms with Gasteiger partial charge in [0.15, 0.2) is 0 Å². The predicted molar refractivity (Wildman–Crippen MR) is 80.2 cm³/mol. The fourth-order valence-corrected chi connectivity index (χ4v) is 2.47. The molecular formula is C16H24N2O2. The van der Waals surface area contributed by atoms with Gasteiger partial charge < -0.3 is 15.0 Å². The Morgan fingerprint density at radius 2 is 2.35 bits per heavy atom. The molecule has 1 heterocycles. The summed E-state index contributed by atoms with van der Waals surface area (Å²) in [5.41, 5.74) is 0.701. The topological polar surface area (TPSA) is 41.6 Å². The van der Waals surface area contributed by atoms with Crippen LogP contribution in [0.15, 0.2) is 24.3 Å². The van der Waals surface area contributed by atoms with Crippen molar-refractivity contribution in [2.45, 2.75) is 32.2 Å². The van der Waals surface area contributed by atoms with E-state index in [2.05, 4.69) is 12.2 Å². The Hall–Kier alpha value is -1.55. The van der Waals surface area contributed by atoms with Crippen LogP contribution in [-0.2, 0) is 0 Å². The second-order valence-corrected chi connectivity index (χ2v) is 5.29. The lowest BCUT2D eigenvalue weighted by molar-refractivity contribution is 0.0708. The molecule has 1 saturated heterocycles. The number of carbonyl (C=O) groups excluding carboxylic acids is 1. The quantitative estimate of drug-likeness (QED) is 0.897. The molecular weight excluding hydrogens is 252 g/mol. The molecule has 20 heavy (non-hydrogen) atoms. The highest BCUT2D eigenvalue weighted by atomic mass is 16.5. The maximum Gasteiger partial charge on any atom is 0.254 e. The highest BCUT2D eigenvalue weighted by Gasteiger charge is 2.22. The number of rotatable bonds is 5. The summed E-state index contributed by atoms with van der Waals surface area (Å²) >= 11 is 0. The standard InChI is InChI=1S/C16H24N2O2/c1-3-10-20-15-8-4-6-13(11-15)16(19)18(2)14-7-5-9-17-12-14/h4,6,8,11,14,17H,3,5,7,9-10,12H2,1-2H3.